The number of ether oxygens (including phenoxy) is 1. The number of carbonyl (C=O) groups excluding carboxylic acids is 1. The van der Waals surface area contributed by atoms with Gasteiger partial charge in [0.15, 0.2) is 0 Å². The molecule has 0 aliphatic carbocycles. The van der Waals surface area contributed by atoms with Crippen LogP contribution in [0.1, 0.15) is 17.5 Å². The van der Waals surface area contributed by atoms with E-state index in [1.54, 1.807) is 30.3 Å². The van der Waals surface area contributed by atoms with Crippen molar-refractivity contribution in [1.82, 2.24) is 4.72 Å². The van der Waals surface area contributed by atoms with Gasteiger partial charge in [-0.25, -0.2) is 13.2 Å². The van der Waals surface area contributed by atoms with E-state index >= 15 is 0 Å². The van der Waals surface area contributed by atoms with Crippen LogP contribution in [0.5, 0.6) is 0 Å². The fraction of sp³-hybridized carbons (Fsp3) is 0.158. The monoisotopic (exact) mass is 370 g/mol. The molecule has 0 amide bonds. The first-order valence-corrected chi connectivity index (χ1v) is 9.61. The van der Waals surface area contributed by atoms with Crippen molar-refractivity contribution in [2.75, 3.05) is 13.2 Å². The quantitative estimate of drug-likeness (QED) is 0.481. The van der Waals surface area contributed by atoms with Crippen LogP contribution in [0.25, 0.3) is 6.08 Å². The van der Waals surface area contributed by atoms with Crippen molar-refractivity contribution in [3.05, 3.63) is 71.8 Å². The fourth-order valence-electron chi connectivity index (χ4n) is 2.46. The molecule has 7 heteroatoms. The van der Waals surface area contributed by atoms with E-state index in [0.717, 1.165) is 5.56 Å². The lowest BCUT2D eigenvalue weighted by Gasteiger charge is -2.01. The van der Waals surface area contributed by atoms with Crippen LogP contribution in [0.4, 0.5) is 0 Å². The Morgan fingerprint density at radius 3 is 2.62 bits per heavy atom. The van der Waals surface area contributed by atoms with Crippen molar-refractivity contribution in [3.8, 4) is 0 Å². The topological polar surface area (TPSA) is 84.8 Å². The van der Waals surface area contributed by atoms with Gasteiger partial charge in [-0.1, -0.05) is 42.5 Å². The SMILES string of the molecule is O=C(C=Cc1ccccc1)OCCCN=C1NS(=O)(=O)c2ccccc21. The first-order chi connectivity index (χ1) is 12.6. The zero-order chi connectivity index (χ0) is 18.4. The summed E-state index contributed by atoms with van der Waals surface area (Å²) in [7, 11) is -3.52. The molecule has 0 atom stereocenters. The van der Waals surface area contributed by atoms with E-state index < -0.39 is 16.0 Å². The normalized spacial score (nSPS) is 16.4. The molecule has 134 valence electrons. The van der Waals surface area contributed by atoms with Crippen molar-refractivity contribution in [3.63, 3.8) is 0 Å². The number of esters is 1. The van der Waals surface area contributed by atoms with Crippen LogP contribution < -0.4 is 4.72 Å². The maximum Gasteiger partial charge on any atom is 0.330 e. The Bertz CT molecular complexity index is 951. The van der Waals surface area contributed by atoms with Gasteiger partial charge in [0, 0.05) is 24.6 Å². The minimum atomic E-state index is -3.52. The minimum absolute atomic E-state index is 0.211. The number of rotatable bonds is 6. The highest BCUT2D eigenvalue weighted by Crippen LogP contribution is 2.22. The number of benzene rings is 2. The van der Waals surface area contributed by atoms with E-state index in [1.165, 1.54) is 6.08 Å². The molecule has 3 rings (SSSR count). The number of carbonyl (C=O) groups is 1. The summed E-state index contributed by atoms with van der Waals surface area (Å²) in [6.45, 7) is 0.561. The van der Waals surface area contributed by atoms with Gasteiger partial charge in [0.25, 0.3) is 10.0 Å². The van der Waals surface area contributed by atoms with Gasteiger partial charge in [-0.2, -0.15) is 0 Å². The Labute approximate surface area is 152 Å². The average Bonchev–Trinajstić information content (AvgIpc) is 2.91. The first kappa shape index (κ1) is 17.9. The third-order valence-electron chi connectivity index (χ3n) is 3.69. The van der Waals surface area contributed by atoms with E-state index in [9.17, 15) is 13.2 Å². The molecule has 0 saturated heterocycles. The third-order valence-corrected chi connectivity index (χ3v) is 5.09. The van der Waals surface area contributed by atoms with Gasteiger partial charge < -0.3 is 4.74 Å². The number of hydrogen-bond acceptors (Lipinski definition) is 5. The summed E-state index contributed by atoms with van der Waals surface area (Å²) in [5.74, 6) is -0.0932. The summed E-state index contributed by atoms with van der Waals surface area (Å²) in [6.07, 6.45) is 3.56. The summed E-state index contributed by atoms with van der Waals surface area (Å²) in [5.41, 5.74) is 1.48. The second-order valence-electron chi connectivity index (χ2n) is 5.60. The molecule has 2 aromatic carbocycles. The molecular weight excluding hydrogens is 352 g/mol. The summed E-state index contributed by atoms with van der Waals surface area (Å²) in [4.78, 5) is 16.1. The smallest absolute Gasteiger partial charge is 0.330 e. The van der Waals surface area contributed by atoms with Gasteiger partial charge in [0.2, 0.25) is 0 Å². The molecule has 1 aliphatic rings. The largest absolute Gasteiger partial charge is 0.462 e. The molecule has 0 saturated carbocycles. The molecule has 0 aromatic heterocycles. The van der Waals surface area contributed by atoms with E-state index in [4.69, 9.17) is 4.74 Å². The van der Waals surface area contributed by atoms with Gasteiger partial charge in [0.05, 0.1) is 11.5 Å². The maximum absolute atomic E-state index is 12.0. The molecule has 2 aromatic rings. The molecule has 1 heterocycles. The van der Waals surface area contributed by atoms with E-state index in [-0.39, 0.29) is 11.5 Å². The van der Waals surface area contributed by atoms with Crippen molar-refractivity contribution in [2.24, 2.45) is 4.99 Å². The van der Waals surface area contributed by atoms with E-state index in [0.29, 0.717) is 24.4 Å². The zero-order valence-corrected chi connectivity index (χ0v) is 14.8. The molecule has 1 N–H and O–H groups in total. The third kappa shape index (κ3) is 4.37. The second-order valence-corrected chi connectivity index (χ2v) is 7.25. The molecule has 0 spiro atoms. The Morgan fingerprint density at radius 2 is 1.81 bits per heavy atom. The highest BCUT2D eigenvalue weighted by molar-refractivity contribution is 7.90. The van der Waals surface area contributed by atoms with Crippen molar-refractivity contribution in [1.29, 1.82) is 0 Å². The molecule has 26 heavy (non-hydrogen) atoms. The van der Waals surface area contributed by atoms with Crippen LogP contribution in [0.3, 0.4) is 0 Å². The average molecular weight is 370 g/mol. The van der Waals surface area contributed by atoms with Gasteiger partial charge in [-0.3, -0.25) is 9.71 Å². The maximum atomic E-state index is 12.0. The Hall–Kier alpha value is -2.93. The lowest BCUT2D eigenvalue weighted by molar-refractivity contribution is -0.137. The molecule has 0 fully saturated rings. The zero-order valence-electron chi connectivity index (χ0n) is 14.0. The van der Waals surface area contributed by atoms with Gasteiger partial charge >= 0.3 is 5.97 Å². The van der Waals surface area contributed by atoms with Crippen LogP contribution in [0.15, 0.2) is 70.6 Å². The summed E-state index contributed by atoms with van der Waals surface area (Å²) in [6, 6.07) is 16.1. The van der Waals surface area contributed by atoms with Crippen molar-refractivity contribution >= 4 is 27.9 Å². The summed E-state index contributed by atoms with van der Waals surface area (Å²) < 4.78 is 31.5. The molecule has 0 unspecified atom stereocenters. The Morgan fingerprint density at radius 1 is 1.08 bits per heavy atom. The van der Waals surface area contributed by atoms with Gasteiger partial charge in [-0.05, 0) is 23.8 Å². The van der Waals surface area contributed by atoms with Crippen molar-refractivity contribution < 1.29 is 17.9 Å². The molecule has 1 aliphatic heterocycles. The fourth-order valence-corrected chi connectivity index (χ4v) is 3.71. The van der Waals surface area contributed by atoms with Crippen LogP contribution in [-0.4, -0.2) is 33.4 Å². The number of nitrogens with zero attached hydrogens (tertiary/aromatic N) is 1. The first-order valence-electron chi connectivity index (χ1n) is 8.13. The van der Waals surface area contributed by atoms with E-state index in [2.05, 4.69) is 9.71 Å². The lowest BCUT2D eigenvalue weighted by Crippen LogP contribution is -2.22. The van der Waals surface area contributed by atoms with Crippen LogP contribution >= 0.6 is 0 Å². The molecule has 0 radical (unpaired) electrons. The molecular formula is C19H18N2O4S. The number of aliphatic imine (C=N–C) groups is 1. The Balaban J connectivity index is 1.47. The Kier molecular flexibility index (Phi) is 5.48. The van der Waals surface area contributed by atoms with Gasteiger partial charge in [-0.15, -0.1) is 0 Å². The number of fused-ring (bicyclic) bond motifs is 1. The van der Waals surface area contributed by atoms with Crippen LogP contribution in [-0.2, 0) is 19.6 Å². The number of amidine groups is 1. The van der Waals surface area contributed by atoms with Gasteiger partial charge in [0.1, 0.15) is 5.84 Å². The number of nitrogens with one attached hydrogen (secondary N) is 1. The van der Waals surface area contributed by atoms with E-state index in [1.807, 2.05) is 30.3 Å². The minimum Gasteiger partial charge on any atom is -0.462 e. The van der Waals surface area contributed by atoms with Crippen LogP contribution in [0, 0.1) is 0 Å². The summed E-state index contributed by atoms with van der Waals surface area (Å²) in [5, 5.41) is 0. The predicted molar refractivity (Wildman–Crippen MR) is 99.2 cm³/mol. The highest BCUT2D eigenvalue weighted by Gasteiger charge is 2.29. The van der Waals surface area contributed by atoms with Crippen LogP contribution in [0.2, 0.25) is 0 Å². The second kappa shape index (κ2) is 7.97. The lowest BCUT2D eigenvalue weighted by atomic mass is 10.2. The highest BCUT2D eigenvalue weighted by atomic mass is 32.2. The summed E-state index contributed by atoms with van der Waals surface area (Å²) >= 11 is 0. The number of sulfonamides is 1. The molecule has 6 nitrogen and oxygen atoms in total. The molecule has 0 bridgehead atoms. The van der Waals surface area contributed by atoms with Crippen molar-refractivity contribution in [2.45, 2.75) is 11.3 Å². The predicted octanol–water partition coefficient (Wildman–Crippen LogP) is 2.37. The number of hydrogen-bond donors (Lipinski definition) is 1. The standard InChI is InChI=1S/C19H18N2O4S/c22-18(12-11-15-7-2-1-3-8-15)25-14-6-13-20-19-16-9-4-5-10-17(16)26(23,24)21-19/h1-5,7-12H,6,13-14H2,(H,20,21).